The number of aryl methyl sites for hydroxylation is 1. The third-order valence-corrected chi connectivity index (χ3v) is 3.02. The van der Waals surface area contributed by atoms with Gasteiger partial charge in [-0.1, -0.05) is 30.3 Å². The largest absolute Gasteiger partial charge is 0.314 e. The van der Waals surface area contributed by atoms with E-state index in [1.807, 2.05) is 0 Å². The molecule has 0 saturated carbocycles. The second-order valence-electron chi connectivity index (χ2n) is 4.17. The molecule has 76 valence electrons. The molecule has 0 unspecified atom stereocenters. The smallest absolute Gasteiger partial charge is 0.00676 e. The maximum absolute atomic E-state index is 3.54. The SMILES string of the molecule is c1ccc(CCC[C@@H]2CCCN2)cc1. The van der Waals surface area contributed by atoms with E-state index in [-0.39, 0.29) is 0 Å². The van der Waals surface area contributed by atoms with Gasteiger partial charge < -0.3 is 5.32 Å². The number of rotatable bonds is 4. The van der Waals surface area contributed by atoms with Crippen LogP contribution >= 0.6 is 0 Å². The first-order chi connectivity index (χ1) is 6.95. The van der Waals surface area contributed by atoms with Gasteiger partial charge in [-0.2, -0.15) is 0 Å². The van der Waals surface area contributed by atoms with E-state index >= 15 is 0 Å². The van der Waals surface area contributed by atoms with E-state index in [9.17, 15) is 0 Å². The molecule has 1 heterocycles. The zero-order valence-electron chi connectivity index (χ0n) is 8.71. The number of hydrogen-bond donors (Lipinski definition) is 1. The normalized spacial score (nSPS) is 21.3. The second kappa shape index (κ2) is 5.16. The van der Waals surface area contributed by atoms with Gasteiger partial charge in [0, 0.05) is 6.04 Å². The van der Waals surface area contributed by atoms with Gasteiger partial charge in [-0.15, -0.1) is 0 Å². The minimum Gasteiger partial charge on any atom is -0.314 e. The van der Waals surface area contributed by atoms with Gasteiger partial charge in [0.25, 0.3) is 0 Å². The van der Waals surface area contributed by atoms with Crippen LogP contribution < -0.4 is 5.32 Å². The topological polar surface area (TPSA) is 12.0 Å². The Bertz CT molecular complexity index is 249. The summed E-state index contributed by atoms with van der Waals surface area (Å²) < 4.78 is 0. The predicted molar refractivity (Wildman–Crippen MR) is 60.4 cm³/mol. The fourth-order valence-electron chi connectivity index (χ4n) is 2.20. The number of hydrogen-bond acceptors (Lipinski definition) is 1. The summed E-state index contributed by atoms with van der Waals surface area (Å²) in [5, 5.41) is 3.54. The van der Waals surface area contributed by atoms with E-state index in [0.717, 1.165) is 6.04 Å². The standard InChI is InChI=1S/C13H19N/c1-2-6-12(7-3-1)8-4-9-13-10-5-11-14-13/h1-3,6-7,13-14H,4-5,8-11H2/t13-/m1/s1. The molecule has 1 aliphatic heterocycles. The van der Waals surface area contributed by atoms with Crippen molar-refractivity contribution in [1.29, 1.82) is 0 Å². The Morgan fingerprint density at radius 3 is 2.79 bits per heavy atom. The molecule has 0 aliphatic carbocycles. The van der Waals surface area contributed by atoms with Crippen molar-refractivity contribution in [3.63, 3.8) is 0 Å². The van der Waals surface area contributed by atoms with Crippen LogP contribution in [0.3, 0.4) is 0 Å². The summed E-state index contributed by atoms with van der Waals surface area (Å²) in [6.07, 6.45) is 6.65. The minimum atomic E-state index is 0.804. The fourth-order valence-corrected chi connectivity index (χ4v) is 2.20. The lowest BCUT2D eigenvalue weighted by Crippen LogP contribution is -2.20. The lowest BCUT2D eigenvalue weighted by molar-refractivity contribution is 0.536. The molecule has 1 heteroatoms. The molecule has 1 aromatic carbocycles. The molecule has 0 bridgehead atoms. The summed E-state index contributed by atoms with van der Waals surface area (Å²) >= 11 is 0. The maximum atomic E-state index is 3.54. The Labute approximate surface area is 86.5 Å². The first kappa shape index (κ1) is 9.72. The minimum absolute atomic E-state index is 0.804. The Morgan fingerprint density at radius 1 is 1.21 bits per heavy atom. The fraction of sp³-hybridized carbons (Fsp3) is 0.538. The van der Waals surface area contributed by atoms with Gasteiger partial charge in [0.05, 0.1) is 0 Å². The van der Waals surface area contributed by atoms with Crippen LogP contribution in [0.2, 0.25) is 0 Å². The van der Waals surface area contributed by atoms with Gasteiger partial charge in [0.2, 0.25) is 0 Å². The van der Waals surface area contributed by atoms with Gasteiger partial charge in [0.1, 0.15) is 0 Å². The Balaban J connectivity index is 1.67. The summed E-state index contributed by atoms with van der Waals surface area (Å²) in [4.78, 5) is 0. The van der Waals surface area contributed by atoms with Crippen LogP contribution in [0, 0.1) is 0 Å². The van der Waals surface area contributed by atoms with Crippen LogP contribution in [0.5, 0.6) is 0 Å². The van der Waals surface area contributed by atoms with Crippen molar-refractivity contribution in [2.24, 2.45) is 0 Å². The molecule has 1 atom stereocenters. The van der Waals surface area contributed by atoms with E-state index in [0.29, 0.717) is 0 Å². The van der Waals surface area contributed by atoms with Crippen molar-refractivity contribution in [3.8, 4) is 0 Å². The Morgan fingerprint density at radius 2 is 2.07 bits per heavy atom. The Hall–Kier alpha value is -0.820. The highest BCUT2D eigenvalue weighted by atomic mass is 14.9. The van der Waals surface area contributed by atoms with E-state index in [4.69, 9.17) is 0 Å². The summed E-state index contributed by atoms with van der Waals surface area (Å²) in [6, 6.07) is 11.6. The predicted octanol–water partition coefficient (Wildman–Crippen LogP) is 2.76. The van der Waals surface area contributed by atoms with Crippen LogP contribution in [0.25, 0.3) is 0 Å². The Kier molecular flexibility index (Phi) is 3.58. The highest BCUT2D eigenvalue weighted by Gasteiger charge is 2.12. The lowest BCUT2D eigenvalue weighted by atomic mass is 10.0. The quantitative estimate of drug-likeness (QED) is 0.768. The molecule has 0 spiro atoms. The van der Waals surface area contributed by atoms with Crippen LogP contribution in [0.1, 0.15) is 31.2 Å². The molecule has 2 rings (SSSR count). The highest BCUT2D eigenvalue weighted by Crippen LogP contribution is 2.13. The van der Waals surface area contributed by atoms with E-state index < -0.39 is 0 Å². The summed E-state index contributed by atoms with van der Waals surface area (Å²) in [6.45, 7) is 1.23. The van der Waals surface area contributed by atoms with Crippen LogP contribution in [0.15, 0.2) is 30.3 Å². The molecule has 1 N–H and O–H groups in total. The zero-order chi connectivity index (χ0) is 9.64. The zero-order valence-corrected chi connectivity index (χ0v) is 8.71. The summed E-state index contributed by atoms with van der Waals surface area (Å²) in [5.41, 5.74) is 1.48. The van der Waals surface area contributed by atoms with Crippen molar-refractivity contribution in [2.75, 3.05) is 6.54 Å². The van der Waals surface area contributed by atoms with Crippen molar-refractivity contribution >= 4 is 0 Å². The summed E-state index contributed by atoms with van der Waals surface area (Å²) in [7, 11) is 0. The van der Waals surface area contributed by atoms with E-state index in [1.165, 1.54) is 44.2 Å². The van der Waals surface area contributed by atoms with Crippen molar-refractivity contribution < 1.29 is 0 Å². The third-order valence-electron chi connectivity index (χ3n) is 3.02. The number of benzene rings is 1. The monoisotopic (exact) mass is 189 g/mol. The van der Waals surface area contributed by atoms with E-state index in [2.05, 4.69) is 35.6 Å². The molecule has 0 aromatic heterocycles. The molecule has 0 radical (unpaired) electrons. The van der Waals surface area contributed by atoms with Crippen molar-refractivity contribution in [1.82, 2.24) is 5.32 Å². The van der Waals surface area contributed by atoms with Crippen molar-refractivity contribution in [3.05, 3.63) is 35.9 Å². The second-order valence-corrected chi connectivity index (χ2v) is 4.17. The number of nitrogens with one attached hydrogen (secondary N) is 1. The molecule has 14 heavy (non-hydrogen) atoms. The first-order valence-corrected chi connectivity index (χ1v) is 5.72. The molecule has 1 saturated heterocycles. The van der Waals surface area contributed by atoms with Crippen LogP contribution in [-0.4, -0.2) is 12.6 Å². The van der Waals surface area contributed by atoms with Gasteiger partial charge in [-0.05, 0) is 44.2 Å². The summed E-state index contributed by atoms with van der Waals surface area (Å²) in [5.74, 6) is 0. The van der Waals surface area contributed by atoms with E-state index in [1.54, 1.807) is 0 Å². The van der Waals surface area contributed by atoms with Crippen LogP contribution in [0.4, 0.5) is 0 Å². The van der Waals surface area contributed by atoms with Gasteiger partial charge >= 0.3 is 0 Å². The molecular formula is C13H19N. The molecule has 1 nitrogen and oxygen atoms in total. The van der Waals surface area contributed by atoms with Gasteiger partial charge in [-0.25, -0.2) is 0 Å². The average molecular weight is 189 g/mol. The molecule has 0 amide bonds. The molecule has 1 aromatic rings. The molecule has 1 fully saturated rings. The maximum Gasteiger partial charge on any atom is 0.00676 e. The highest BCUT2D eigenvalue weighted by molar-refractivity contribution is 5.14. The van der Waals surface area contributed by atoms with Gasteiger partial charge in [0.15, 0.2) is 0 Å². The average Bonchev–Trinajstić information content (AvgIpc) is 2.72. The molecular weight excluding hydrogens is 170 g/mol. The molecule has 1 aliphatic rings. The van der Waals surface area contributed by atoms with Crippen molar-refractivity contribution in [2.45, 2.75) is 38.1 Å². The third kappa shape index (κ3) is 2.85. The van der Waals surface area contributed by atoms with Crippen LogP contribution in [-0.2, 0) is 6.42 Å². The van der Waals surface area contributed by atoms with Gasteiger partial charge in [-0.3, -0.25) is 0 Å². The first-order valence-electron chi connectivity index (χ1n) is 5.72. The lowest BCUT2D eigenvalue weighted by Gasteiger charge is -2.09.